The highest BCUT2D eigenvalue weighted by atomic mass is 35.5. The highest BCUT2D eigenvalue weighted by Crippen LogP contribution is 2.31. The third-order valence-electron chi connectivity index (χ3n) is 7.52. The molecule has 8 nitrogen and oxygen atoms in total. The molecule has 5 rings (SSSR count). The lowest BCUT2D eigenvalue weighted by Crippen LogP contribution is -2.43. The van der Waals surface area contributed by atoms with E-state index >= 15 is 0 Å². The Bertz CT molecular complexity index is 1310. The van der Waals surface area contributed by atoms with Crippen LogP contribution in [0.3, 0.4) is 0 Å². The Labute approximate surface area is 228 Å². The maximum atomic E-state index is 12.1. The molecule has 2 aliphatic rings. The first-order valence-electron chi connectivity index (χ1n) is 13.2. The van der Waals surface area contributed by atoms with Gasteiger partial charge in [-0.25, -0.2) is 0 Å². The van der Waals surface area contributed by atoms with Crippen molar-refractivity contribution in [3.05, 3.63) is 70.4 Å². The lowest BCUT2D eigenvalue weighted by atomic mass is 10.0. The summed E-state index contributed by atoms with van der Waals surface area (Å²) in [5, 5.41) is 29.2. The fraction of sp³-hybridized carbons (Fsp3) is 0.414. The molecule has 9 heteroatoms. The van der Waals surface area contributed by atoms with E-state index in [-0.39, 0.29) is 5.91 Å². The van der Waals surface area contributed by atoms with Crippen LogP contribution in [0.4, 0.5) is 5.69 Å². The molecular weight excluding hydrogens is 500 g/mol. The van der Waals surface area contributed by atoms with Gasteiger partial charge in [-0.15, -0.1) is 0 Å². The van der Waals surface area contributed by atoms with Crippen molar-refractivity contribution >= 4 is 23.2 Å². The van der Waals surface area contributed by atoms with Crippen molar-refractivity contribution in [3.63, 3.8) is 0 Å². The summed E-state index contributed by atoms with van der Waals surface area (Å²) in [6.07, 6.45) is 2.15. The molecule has 2 aliphatic heterocycles. The zero-order chi connectivity index (χ0) is 26.6. The Morgan fingerprint density at radius 3 is 2.50 bits per heavy atom. The largest absolute Gasteiger partial charge is 0.390 e. The van der Waals surface area contributed by atoms with Crippen LogP contribution >= 0.6 is 11.6 Å². The van der Waals surface area contributed by atoms with E-state index in [0.29, 0.717) is 49.2 Å². The first-order valence-corrected chi connectivity index (χ1v) is 13.5. The fourth-order valence-corrected chi connectivity index (χ4v) is 5.57. The summed E-state index contributed by atoms with van der Waals surface area (Å²) in [4.78, 5) is 16.2. The lowest BCUT2D eigenvalue weighted by Gasteiger charge is -2.34. The summed E-state index contributed by atoms with van der Waals surface area (Å²) < 4.78 is 1.95. The van der Waals surface area contributed by atoms with Gasteiger partial charge in [-0.3, -0.25) is 9.48 Å². The molecule has 0 aliphatic carbocycles. The quantitative estimate of drug-likeness (QED) is 0.479. The van der Waals surface area contributed by atoms with Crippen LogP contribution in [-0.4, -0.2) is 68.9 Å². The number of anilines is 1. The summed E-state index contributed by atoms with van der Waals surface area (Å²) in [7, 11) is 0. The predicted octanol–water partition coefficient (Wildman–Crippen LogP) is 3.92. The van der Waals surface area contributed by atoms with Gasteiger partial charge in [0.1, 0.15) is 0 Å². The van der Waals surface area contributed by atoms with Crippen LogP contribution in [0, 0.1) is 11.3 Å². The minimum Gasteiger partial charge on any atom is -0.390 e. The Morgan fingerprint density at radius 1 is 1.13 bits per heavy atom. The fourth-order valence-electron chi connectivity index (χ4n) is 5.44. The Kier molecular flexibility index (Phi) is 7.98. The van der Waals surface area contributed by atoms with Crippen LogP contribution in [0.1, 0.15) is 36.6 Å². The maximum absolute atomic E-state index is 12.1. The van der Waals surface area contributed by atoms with Gasteiger partial charge in [0.05, 0.1) is 30.0 Å². The maximum Gasteiger partial charge on any atom is 0.219 e. The molecule has 1 aromatic heterocycles. The summed E-state index contributed by atoms with van der Waals surface area (Å²) in [5.41, 5.74) is 5.65. The van der Waals surface area contributed by atoms with Gasteiger partial charge < -0.3 is 20.2 Å². The number of piperidine rings is 1. The normalized spacial score (nSPS) is 17.1. The molecule has 1 unspecified atom stereocenters. The number of amides is 1. The molecule has 0 radical (unpaired) electrons. The number of hydrogen-bond acceptors (Lipinski definition) is 6. The predicted molar refractivity (Wildman–Crippen MR) is 148 cm³/mol. The van der Waals surface area contributed by atoms with Gasteiger partial charge in [-0.05, 0) is 49.2 Å². The SMILES string of the molecule is CC(=O)N1CCc2c(c(-c3ccc(Cl)cc3)nn2CC(O)CN2CCC(Nc3ccc(C#N)cc3)CC2)C1. The molecule has 0 spiro atoms. The number of carbonyl (C=O) groups excluding carboxylic acids is 1. The molecule has 1 fully saturated rings. The number of hydrogen-bond donors (Lipinski definition) is 2. The summed E-state index contributed by atoms with van der Waals surface area (Å²) >= 11 is 6.10. The van der Waals surface area contributed by atoms with Crippen LogP contribution in [0.25, 0.3) is 11.3 Å². The molecule has 1 amide bonds. The number of β-amino-alcohol motifs (C(OH)–C–C–N with tert-alkyl or cyclic N) is 1. The minimum absolute atomic E-state index is 0.0579. The van der Waals surface area contributed by atoms with Crippen molar-refractivity contribution in [1.29, 1.82) is 5.26 Å². The number of aromatic nitrogens is 2. The molecule has 38 heavy (non-hydrogen) atoms. The van der Waals surface area contributed by atoms with Crippen molar-refractivity contribution in [2.24, 2.45) is 0 Å². The minimum atomic E-state index is -0.550. The van der Waals surface area contributed by atoms with Crippen molar-refractivity contribution in [2.75, 3.05) is 31.5 Å². The van der Waals surface area contributed by atoms with Crippen LogP contribution < -0.4 is 5.32 Å². The smallest absolute Gasteiger partial charge is 0.219 e. The topological polar surface area (TPSA) is 97.4 Å². The van der Waals surface area contributed by atoms with Gasteiger partial charge >= 0.3 is 0 Å². The van der Waals surface area contributed by atoms with E-state index in [1.54, 1.807) is 6.92 Å². The van der Waals surface area contributed by atoms with Crippen LogP contribution in [0.2, 0.25) is 5.02 Å². The van der Waals surface area contributed by atoms with Gasteiger partial charge in [0.15, 0.2) is 0 Å². The van der Waals surface area contributed by atoms with Crippen molar-refractivity contribution < 1.29 is 9.90 Å². The number of halogens is 1. The van der Waals surface area contributed by atoms with Crippen molar-refractivity contribution in [1.82, 2.24) is 19.6 Å². The van der Waals surface area contributed by atoms with Gasteiger partial charge in [0.2, 0.25) is 5.91 Å². The van der Waals surface area contributed by atoms with E-state index < -0.39 is 6.10 Å². The second-order valence-electron chi connectivity index (χ2n) is 10.2. The number of rotatable bonds is 7. The first kappa shape index (κ1) is 26.2. The Balaban J connectivity index is 1.21. The zero-order valence-corrected chi connectivity index (χ0v) is 22.4. The summed E-state index contributed by atoms with van der Waals surface area (Å²) in [6.45, 7) is 5.61. The molecular formula is C29H33ClN6O2. The van der Waals surface area contributed by atoms with Crippen LogP contribution in [0.5, 0.6) is 0 Å². The second-order valence-corrected chi connectivity index (χ2v) is 10.7. The molecule has 2 N–H and O–H groups in total. The number of likely N-dealkylation sites (tertiary alicyclic amines) is 1. The number of nitrogens with one attached hydrogen (secondary N) is 1. The number of benzene rings is 2. The van der Waals surface area contributed by atoms with Gasteiger partial charge in [0, 0.05) is 79.6 Å². The van der Waals surface area contributed by atoms with Gasteiger partial charge in [0.25, 0.3) is 0 Å². The monoisotopic (exact) mass is 532 g/mol. The van der Waals surface area contributed by atoms with Crippen molar-refractivity contribution in [2.45, 2.75) is 51.4 Å². The molecule has 0 bridgehead atoms. The van der Waals surface area contributed by atoms with E-state index in [1.807, 2.05) is 58.1 Å². The average Bonchev–Trinajstić information content (AvgIpc) is 3.28. The Hall–Kier alpha value is -3.38. The van der Waals surface area contributed by atoms with E-state index in [0.717, 1.165) is 54.1 Å². The van der Waals surface area contributed by atoms with E-state index in [1.165, 1.54) is 0 Å². The Morgan fingerprint density at radius 2 is 1.84 bits per heavy atom. The molecule has 0 saturated carbocycles. The molecule has 1 saturated heterocycles. The van der Waals surface area contributed by atoms with E-state index in [4.69, 9.17) is 22.0 Å². The van der Waals surface area contributed by atoms with E-state index in [9.17, 15) is 9.90 Å². The van der Waals surface area contributed by atoms with E-state index in [2.05, 4.69) is 16.3 Å². The number of carbonyl (C=O) groups is 1. The molecule has 198 valence electrons. The standard InChI is InChI=1S/C29H33ClN6O2/c1-20(37)35-15-12-28-27(19-35)29(22-4-6-23(30)7-5-22)33-36(28)18-26(38)17-34-13-10-25(11-14-34)32-24-8-2-21(16-31)3-9-24/h2-9,25-26,32,38H,10-15,17-19H2,1H3. The number of aliphatic hydroxyl groups is 1. The molecule has 2 aromatic carbocycles. The number of nitrogens with zero attached hydrogens (tertiary/aromatic N) is 5. The van der Waals surface area contributed by atoms with Gasteiger partial charge in [-0.1, -0.05) is 23.7 Å². The van der Waals surface area contributed by atoms with Crippen molar-refractivity contribution in [3.8, 4) is 17.3 Å². The summed E-state index contributed by atoms with van der Waals surface area (Å²) in [6, 6.07) is 17.7. The van der Waals surface area contributed by atoms with Crippen LogP contribution in [0.15, 0.2) is 48.5 Å². The molecule has 3 heterocycles. The highest BCUT2D eigenvalue weighted by Gasteiger charge is 2.28. The van der Waals surface area contributed by atoms with Gasteiger partial charge in [-0.2, -0.15) is 10.4 Å². The lowest BCUT2D eigenvalue weighted by molar-refractivity contribution is -0.129. The number of aliphatic hydroxyl groups excluding tert-OH is 1. The first-order chi connectivity index (χ1) is 18.4. The second kappa shape index (κ2) is 11.6. The third kappa shape index (κ3) is 6.02. The third-order valence-corrected chi connectivity index (χ3v) is 7.77. The van der Waals surface area contributed by atoms with Crippen LogP contribution in [-0.2, 0) is 24.3 Å². The average molecular weight is 533 g/mol. The number of fused-ring (bicyclic) bond motifs is 1. The number of nitriles is 1. The zero-order valence-electron chi connectivity index (χ0n) is 21.6. The molecule has 3 aromatic rings. The molecule has 1 atom stereocenters. The summed E-state index contributed by atoms with van der Waals surface area (Å²) in [5.74, 6) is 0.0579. The highest BCUT2D eigenvalue weighted by molar-refractivity contribution is 6.30.